The van der Waals surface area contributed by atoms with E-state index in [1.54, 1.807) is 6.21 Å². The van der Waals surface area contributed by atoms with E-state index >= 15 is 0 Å². The van der Waals surface area contributed by atoms with Gasteiger partial charge in [-0.05, 0) is 59.1 Å². The molecule has 0 amide bonds. The molecular weight excluding hydrogens is 279 g/mol. The summed E-state index contributed by atoms with van der Waals surface area (Å²) in [6.07, 6.45) is 6.71. The van der Waals surface area contributed by atoms with Crippen LogP contribution in [0.2, 0.25) is 0 Å². The van der Waals surface area contributed by atoms with E-state index in [9.17, 15) is 0 Å². The molecule has 0 unspecified atom stereocenters. The summed E-state index contributed by atoms with van der Waals surface area (Å²) >= 11 is 0. The van der Waals surface area contributed by atoms with Gasteiger partial charge >= 0.3 is 7.12 Å². The first-order valence-corrected chi connectivity index (χ1v) is 8.21. The highest BCUT2D eigenvalue weighted by Gasteiger charge is 2.52. The molecule has 0 saturated carbocycles. The van der Waals surface area contributed by atoms with Gasteiger partial charge in [-0.25, -0.2) is 0 Å². The fourth-order valence-corrected chi connectivity index (χ4v) is 2.62. The quantitative estimate of drug-likeness (QED) is 0.625. The molecule has 0 aromatic rings. The Hall–Kier alpha value is -0.845. The molecule has 0 spiro atoms. The molecule has 0 atom stereocenters. The zero-order chi connectivity index (χ0) is 16.2. The molecule has 0 aromatic carbocycles. The second kappa shape index (κ2) is 7.15. The minimum Gasteiger partial charge on any atom is -0.405 e. The zero-order valence-corrected chi connectivity index (χ0v) is 14.3. The predicted octanol–water partition coefficient (Wildman–Crippen LogP) is 2.35. The van der Waals surface area contributed by atoms with Crippen molar-refractivity contribution < 1.29 is 14.0 Å². The van der Waals surface area contributed by atoms with Crippen molar-refractivity contribution in [2.45, 2.75) is 58.2 Å². The third-order valence-electron chi connectivity index (χ3n) is 4.97. The van der Waals surface area contributed by atoms with Crippen LogP contribution in [0.5, 0.6) is 0 Å². The van der Waals surface area contributed by atoms with Crippen LogP contribution < -0.4 is 5.73 Å². The summed E-state index contributed by atoms with van der Waals surface area (Å²) in [5.41, 5.74) is 5.79. The predicted molar refractivity (Wildman–Crippen MR) is 89.9 cm³/mol. The highest BCUT2D eigenvalue weighted by molar-refractivity contribution is 6.60. The maximum Gasteiger partial charge on any atom is 0.497 e. The normalized spacial score (nSPS) is 26.0. The molecule has 0 bridgehead atoms. The fourth-order valence-electron chi connectivity index (χ4n) is 2.62. The molecule has 124 valence electrons. The molecule has 0 aliphatic carbocycles. The van der Waals surface area contributed by atoms with Crippen LogP contribution in [0.3, 0.4) is 0 Å². The lowest BCUT2D eigenvalue weighted by Gasteiger charge is -2.32. The van der Waals surface area contributed by atoms with E-state index in [2.05, 4.69) is 4.99 Å². The Morgan fingerprint density at radius 1 is 1.18 bits per heavy atom. The monoisotopic (exact) mass is 308 g/mol. The third kappa shape index (κ3) is 4.12. The molecule has 6 heteroatoms. The minimum atomic E-state index is -0.443. The lowest BCUT2D eigenvalue weighted by molar-refractivity contribution is 0.00578. The average Bonchev–Trinajstić information content (AvgIpc) is 2.68. The SMILES string of the molecule is CC1(C)OB(C(C=NCCC2CCOCC2)=CN)OC1(C)C. The maximum atomic E-state index is 5.99. The van der Waals surface area contributed by atoms with Gasteiger partial charge in [0, 0.05) is 31.4 Å². The van der Waals surface area contributed by atoms with Crippen molar-refractivity contribution in [2.75, 3.05) is 19.8 Å². The average molecular weight is 308 g/mol. The molecule has 0 radical (unpaired) electrons. The highest BCUT2D eigenvalue weighted by atomic mass is 16.7. The van der Waals surface area contributed by atoms with E-state index in [-0.39, 0.29) is 11.2 Å². The number of nitrogens with zero attached hydrogens (tertiary/aromatic N) is 1. The number of ether oxygens (including phenoxy) is 1. The smallest absolute Gasteiger partial charge is 0.405 e. The Bertz CT molecular complexity index is 413. The summed E-state index contributed by atoms with van der Waals surface area (Å²) < 4.78 is 17.3. The maximum absolute atomic E-state index is 5.99. The summed E-state index contributed by atoms with van der Waals surface area (Å²) in [6.45, 7) is 10.7. The van der Waals surface area contributed by atoms with Gasteiger partial charge < -0.3 is 19.8 Å². The van der Waals surface area contributed by atoms with Gasteiger partial charge in [0.05, 0.1) is 11.2 Å². The largest absolute Gasteiger partial charge is 0.497 e. The molecule has 2 fully saturated rings. The number of allylic oxidation sites excluding steroid dienone is 1. The van der Waals surface area contributed by atoms with Crippen molar-refractivity contribution in [3.63, 3.8) is 0 Å². The number of hydrogen-bond acceptors (Lipinski definition) is 5. The Balaban J connectivity index is 1.84. The topological polar surface area (TPSA) is 66.1 Å². The first-order chi connectivity index (χ1) is 10.4. The van der Waals surface area contributed by atoms with E-state index in [0.29, 0.717) is 0 Å². The number of aliphatic imine (C=N–C) groups is 1. The van der Waals surface area contributed by atoms with Crippen LogP contribution in [-0.2, 0) is 14.0 Å². The summed E-state index contributed by atoms with van der Waals surface area (Å²) in [4.78, 5) is 4.50. The van der Waals surface area contributed by atoms with Gasteiger partial charge in [0.2, 0.25) is 0 Å². The van der Waals surface area contributed by atoms with Crippen LogP contribution in [0.15, 0.2) is 16.7 Å². The zero-order valence-electron chi connectivity index (χ0n) is 14.3. The van der Waals surface area contributed by atoms with Crippen molar-refractivity contribution in [2.24, 2.45) is 16.6 Å². The van der Waals surface area contributed by atoms with Crippen molar-refractivity contribution in [3.8, 4) is 0 Å². The minimum absolute atomic E-state index is 0.359. The van der Waals surface area contributed by atoms with Gasteiger partial charge in [-0.3, -0.25) is 4.99 Å². The molecule has 5 nitrogen and oxygen atoms in total. The number of hydrogen-bond donors (Lipinski definition) is 1. The van der Waals surface area contributed by atoms with E-state index in [1.807, 2.05) is 27.7 Å². The molecule has 2 aliphatic rings. The van der Waals surface area contributed by atoms with Crippen LogP contribution in [0, 0.1) is 5.92 Å². The standard InChI is InChI=1S/C16H29BN2O3/c1-15(2)16(3,4)22-17(21-15)14(11-18)12-19-8-5-13-6-9-20-10-7-13/h11-13H,5-10,18H2,1-4H3. The number of rotatable bonds is 5. The van der Waals surface area contributed by atoms with Gasteiger partial charge in [0.1, 0.15) is 0 Å². The van der Waals surface area contributed by atoms with Crippen LogP contribution >= 0.6 is 0 Å². The van der Waals surface area contributed by atoms with Gasteiger partial charge in [-0.2, -0.15) is 0 Å². The molecule has 2 saturated heterocycles. The Kier molecular flexibility index (Phi) is 5.69. The Morgan fingerprint density at radius 2 is 1.77 bits per heavy atom. The van der Waals surface area contributed by atoms with E-state index < -0.39 is 7.12 Å². The summed E-state index contributed by atoms with van der Waals surface area (Å²) in [6, 6.07) is 0. The molecule has 0 aromatic heterocycles. The van der Waals surface area contributed by atoms with Crippen molar-refractivity contribution in [3.05, 3.63) is 11.7 Å². The Morgan fingerprint density at radius 3 is 2.32 bits per heavy atom. The Labute approximate surface area is 134 Å². The first kappa shape index (κ1) is 17.5. The van der Waals surface area contributed by atoms with E-state index in [0.717, 1.165) is 50.4 Å². The van der Waals surface area contributed by atoms with Crippen molar-refractivity contribution in [1.82, 2.24) is 0 Å². The highest BCUT2D eigenvalue weighted by Crippen LogP contribution is 2.38. The van der Waals surface area contributed by atoms with E-state index in [1.165, 1.54) is 6.20 Å². The van der Waals surface area contributed by atoms with Crippen LogP contribution in [-0.4, -0.2) is 44.3 Å². The summed E-state index contributed by atoms with van der Waals surface area (Å²) in [5, 5.41) is 0. The van der Waals surface area contributed by atoms with Crippen molar-refractivity contribution in [1.29, 1.82) is 0 Å². The molecule has 22 heavy (non-hydrogen) atoms. The van der Waals surface area contributed by atoms with Crippen LogP contribution in [0.4, 0.5) is 0 Å². The summed E-state index contributed by atoms with van der Waals surface area (Å²) in [7, 11) is -0.443. The first-order valence-electron chi connectivity index (χ1n) is 8.21. The van der Waals surface area contributed by atoms with Gasteiger partial charge in [-0.1, -0.05) is 0 Å². The molecule has 2 rings (SSSR count). The molecule has 2 heterocycles. The fraction of sp³-hybridized carbons (Fsp3) is 0.812. The molecule has 2 aliphatic heterocycles. The van der Waals surface area contributed by atoms with E-state index in [4.69, 9.17) is 19.8 Å². The van der Waals surface area contributed by atoms with Crippen LogP contribution in [0.25, 0.3) is 0 Å². The third-order valence-corrected chi connectivity index (χ3v) is 4.97. The van der Waals surface area contributed by atoms with Crippen LogP contribution in [0.1, 0.15) is 47.0 Å². The molecule has 2 N–H and O–H groups in total. The molecular formula is C16H29BN2O3. The van der Waals surface area contributed by atoms with Gasteiger partial charge in [0.15, 0.2) is 0 Å². The summed E-state index contributed by atoms with van der Waals surface area (Å²) in [5.74, 6) is 0.730. The number of nitrogens with two attached hydrogens (primary N) is 1. The van der Waals surface area contributed by atoms with Crippen molar-refractivity contribution >= 4 is 13.3 Å². The lowest BCUT2D eigenvalue weighted by atomic mass is 9.79. The van der Waals surface area contributed by atoms with Gasteiger partial charge in [-0.15, -0.1) is 0 Å². The second-order valence-corrected chi connectivity index (χ2v) is 7.13. The second-order valence-electron chi connectivity index (χ2n) is 7.13. The van der Waals surface area contributed by atoms with Gasteiger partial charge in [0.25, 0.3) is 0 Å². The lowest BCUT2D eigenvalue weighted by Crippen LogP contribution is -2.41.